The predicted octanol–water partition coefficient (Wildman–Crippen LogP) is 4.88. The van der Waals surface area contributed by atoms with E-state index in [9.17, 15) is 14.4 Å². The molecule has 7 rings (SSSR count). The summed E-state index contributed by atoms with van der Waals surface area (Å²) in [4.78, 5) is 41.7. The van der Waals surface area contributed by atoms with Gasteiger partial charge in [-0.15, -0.1) is 0 Å². The Hall–Kier alpha value is -2.95. The van der Waals surface area contributed by atoms with Crippen molar-refractivity contribution in [3.05, 3.63) is 70.8 Å². The van der Waals surface area contributed by atoms with E-state index in [1.54, 1.807) is 0 Å². The van der Waals surface area contributed by atoms with Gasteiger partial charge in [-0.2, -0.15) is 0 Å². The first-order valence-electron chi connectivity index (χ1n) is 13.1. The monoisotopic (exact) mass is 471 g/mol. The van der Waals surface area contributed by atoms with Gasteiger partial charge < -0.3 is 4.74 Å². The van der Waals surface area contributed by atoms with Crippen LogP contribution in [-0.2, 0) is 19.1 Å². The zero-order valence-electron chi connectivity index (χ0n) is 20.6. The summed E-state index contributed by atoms with van der Waals surface area (Å²) in [5, 5.41) is 0. The molecule has 2 bridgehead atoms. The molecule has 4 aliphatic carbocycles. The van der Waals surface area contributed by atoms with Gasteiger partial charge in [-0.25, -0.2) is 0 Å². The van der Waals surface area contributed by atoms with Gasteiger partial charge in [0, 0.05) is 11.8 Å². The fourth-order valence-corrected chi connectivity index (χ4v) is 7.48. The first-order chi connectivity index (χ1) is 16.9. The van der Waals surface area contributed by atoms with Crippen LogP contribution in [0.25, 0.3) is 0 Å². The third-order valence-corrected chi connectivity index (χ3v) is 9.07. The van der Waals surface area contributed by atoms with Crippen LogP contribution in [0.5, 0.6) is 0 Å². The molecule has 35 heavy (non-hydrogen) atoms. The average Bonchev–Trinajstić information content (AvgIpc) is 3.09. The lowest BCUT2D eigenvalue weighted by Crippen LogP contribution is -2.41. The van der Waals surface area contributed by atoms with Crippen LogP contribution in [-0.4, -0.2) is 35.3 Å². The van der Waals surface area contributed by atoms with Gasteiger partial charge in [-0.3, -0.25) is 19.3 Å². The number of imide groups is 1. The molecule has 1 heterocycles. The first-order valence-corrected chi connectivity index (χ1v) is 13.1. The molecule has 182 valence electrons. The maximum Gasteiger partial charge on any atom is 0.326 e. The predicted molar refractivity (Wildman–Crippen MR) is 131 cm³/mol. The number of nitrogens with zero attached hydrogens (tertiary/aromatic N) is 1. The third-order valence-electron chi connectivity index (χ3n) is 9.07. The van der Waals surface area contributed by atoms with Crippen LogP contribution in [0.3, 0.4) is 0 Å². The van der Waals surface area contributed by atoms with Crippen molar-refractivity contribution in [3.8, 4) is 0 Å². The van der Waals surface area contributed by atoms with E-state index >= 15 is 0 Å². The summed E-state index contributed by atoms with van der Waals surface area (Å²) in [6.07, 6.45) is 2.89. The minimum absolute atomic E-state index is 0.147. The van der Waals surface area contributed by atoms with Gasteiger partial charge in [0.15, 0.2) is 0 Å². The normalized spacial score (nSPS) is 32.9. The van der Waals surface area contributed by atoms with Gasteiger partial charge >= 0.3 is 5.97 Å². The Morgan fingerprint density at radius 3 is 1.83 bits per heavy atom. The highest BCUT2D eigenvalue weighted by Gasteiger charge is 2.61. The largest absolute Gasteiger partial charge is 0.461 e. The second kappa shape index (κ2) is 8.32. The molecular weight excluding hydrogens is 438 g/mol. The highest BCUT2D eigenvalue weighted by molar-refractivity contribution is 6.09. The molecule has 1 aliphatic heterocycles. The summed E-state index contributed by atoms with van der Waals surface area (Å²) in [6.45, 7) is 6.25. The molecule has 5 nitrogen and oxygen atoms in total. The molecule has 0 spiro atoms. The maximum absolute atomic E-state index is 13.7. The van der Waals surface area contributed by atoms with E-state index < -0.39 is 17.8 Å². The van der Waals surface area contributed by atoms with Gasteiger partial charge in [-0.05, 0) is 52.8 Å². The van der Waals surface area contributed by atoms with Crippen molar-refractivity contribution in [2.45, 2.75) is 58.0 Å². The van der Waals surface area contributed by atoms with Crippen molar-refractivity contribution in [1.82, 2.24) is 4.90 Å². The Morgan fingerprint density at radius 2 is 1.37 bits per heavy atom. The fourth-order valence-electron chi connectivity index (χ4n) is 7.48. The van der Waals surface area contributed by atoms with Crippen molar-refractivity contribution in [1.29, 1.82) is 0 Å². The number of benzene rings is 2. The lowest BCUT2D eigenvalue weighted by atomic mass is 9.55. The van der Waals surface area contributed by atoms with Crippen LogP contribution in [0.4, 0.5) is 0 Å². The molecule has 0 unspecified atom stereocenters. The average molecular weight is 472 g/mol. The van der Waals surface area contributed by atoms with Gasteiger partial charge in [0.2, 0.25) is 11.8 Å². The Balaban J connectivity index is 1.28. The van der Waals surface area contributed by atoms with Crippen LogP contribution in [0.1, 0.15) is 74.1 Å². The van der Waals surface area contributed by atoms with Crippen LogP contribution in [0, 0.1) is 29.6 Å². The number of hydrogen-bond acceptors (Lipinski definition) is 4. The molecule has 0 N–H and O–H groups in total. The summed E-state index contributed by atoms with van der Waals surface area (Å²) < 4.78 is 5.96. The first kappa shape index (κ1) is 22.5. The van der Waals surface area contributed by atoms with E-state index in [0.29, 0.717) is 17.8 Å². The molecule has 2 fully saturated rings. The molecule has 1 saturated carbocycles. The van der Waals surface area contributed by atoms with Crippen molar-refractivity contribution >= 4 is 17.8 Å². The van der Waals surface area contributed by atoms with E-state index in [1.165, 1.54) is 4.90 Å². The van der Waals surface area contributed by atoms with Crippen LogP contribution in [0.15, 0.2) is 48.5 Å². The Morgan fingerprint density at radius 1 is 0.886 bits per heavy atom. The summed E-state index contributed by atoms with van der Waals surface area (Å²) in [5.74, 6) is -0.883. The standard InChI is InChI=1S/C30H33NO4/c1-16(2)18-13-12-17(3)14-23(18)35-24(32)15-31-29(33)27-25-19-8-4-5-9-20(19)26(28(27)30(31)34)22-11-7-6-10-21(22)25/h4-11,16-18,23,25-28H,12-15H2,1-3H3/t17-,18-,23+,25?,26?,27-,28+/m1/s1. The molecule has 5 heteroatoms. The number of ether oxygens (including phenoxy) is 1. The van der Waals surface area contributed by atoms with Crippen molar-refractivity contribution in [2.24, 2.45) is 29.6 Å². The van der Waals surface area contributed by atoms with Gasteiger partial charge in [-0.1, -0.05) is 75.7 Å². The molecule has 5 atom stereocenters. The number of hydrogen-bond donors (Lipinski definition) is 0. The molecule has 2 aromatic carbocycles. The molecule has 1 saturated heterocycles. The zero-order valence-corrected chi connectivity index (χ0v) is 20.6. The van der Waals surface area contributed by atoms with Crippen molar-refractivity contribution in [2.75, 3.05) is 6.54 Å². The quantitative estimate of drug-likeness (QED) is 0.471. The Kier molecular flexibility index (Phi) is 5.35. The lowest BCUT2D eigenvalue weighted by molar-refractivity contribution is -0.161. The lowest BCUT2D eigenvalue weighted by Gasteiger charge is -2.45. The minimum Gasteiger partial charge on any atom is -0.461 e. The zero-order chi connectivity index (χ0) is 24.4. The molecular formula is C30H33NO4. The number of likely N-dealkylation sites (tertiary alicyclic amines) is 1. The molecule has 5 aliphatic rings. The van der Waals surface area contributed by atoms with Crippen LogP contribution >= 0.6 is 0 Å². The highest BCUT2D eigenvalue weighted by atomic mass is 16.5. The highest BCUT2D eigenvalue weighted by Crippen LogP contribution is 2.60. The van der Waals surface area contributed by atoms with E-state index in [4.69, 9.17) is 4.74 Å². The van der Waals surface area contributed by atoms with Gasteiger partial charge in [0.25, 0.3) is 0 Å². The summed E-state index contributed by atoms with van der Waals surface area (Å²) in [6, 6.07) is 16.4. The number of esters is 1. The smallest absolute Gasteiger partial charge is 0.326 e. The number of rotatable bonds is 4. The fraction of sp³-hybridized carbons (Fsp3) is 0.500. The third kappa shape index (κ3) is 3.38. The Labute approximate surface area is 206 Å². The second-order valence-electron chi connectivity index (χ2n) is 11.4. The SMILES string of the molecule is CC(C)[C@H]1CC[C@@H](C)C[C@@H]1OC(=O)CN1C(=O)[C@@H]2C3c4ccccc4C(c4ccccc43)[C@@H]2C1=O. The van der Waals surface area contributed by atoms with E-state index in [0.717, 1.165) is 41.5 Å². The Bertz CT molecular complexity index is 1090. The molecule has 2 amide bonds. The summed E-state index contributed by atoms with van der Waals surface area (Å²) in [5.41, 5.74) is 4.55. The second-order valence-corrected chi connectivity index (χ2v) is 11.4. The topological polar surface area (TPSA) is 63.7 Å². The van der Waals surface area contributed by atoms with Gasteiger partial charge in [0.05, 0.1) is 11.8 Å². The number of carbonyl (C=O) groups excluding carboxylic acids is 3. The minimum atomic E-state index is -0.461. The van der Waals surface area contributed by atoms with Crippen molar-refractivity contribution in [3.63, 3.8) is 0 Å². The molecule has 0 radical (unpaired) electrons. The van der Waals surface area contributed by atoms with E-state index in [2.05, 4.69) is 45.0 Å². The van der Waals surface area contributed by atoms with E-state index in [-0.39, 0.29) is 36.3 Å². The van der Waals surface area contributed by atoms with E-state index in [1.807, 2.05) is 24.3 Å². The number of carbonyl (C=O) groups is 3. The summed E-state index contributed by atoms with van der Waals surface area (Å²) >= 11 is 0. The van der Waals surface area contributed by atoms with Crippen molar-refractivity contribution < 1.29 is 19.1 Å². The molecule has 0 aromatic heterocycles. The molecule has 2 aromatic rings. The van der Waals surface area contributed by atoms with Crippen LogP contribution in [0.2, 0.25) is 0 Å². The maximum atomic E-state index is 13.7. The van der Waals surface area contributed by atoms with Crippen LogP contribution < -0.4 is 0 Å². The summed E-state index contributed by atoms with van der Waals surface area (Å²) in [7, 11) is 0. The number of amides is 2. The van der Waals surface area contributed by atoms with Gasteiger partial charge in [0.1, 0.15) is 12.6 Å².